The number of aromatic nitrogens is 2. The number of nitrogens with one attached hydrogen (secondary N) is 2. The number of methoxy groups -OCH3 is 1. The average Bonchev–Trinajstić information content (AvgIpc) is 2.99. The lowest BCUT2D eigenvalue weighted by atomic mass is 9.94. The molecule has 1 aliphatic rings. The molecule has 42 heavy (non-hydrogen) atoms. The molecule has 2 amide bonds. The fourth-order valence-electron chi connectivity index (χ4n) is 4.84. The van der Waals surface area contributed by atoms with E-state index in [0.717, 1.165) is 48.5 Å². The summed E-state index contributed by atoms with van der Waals surface area (Å²) >= 11 is 0. The molecule has 3 aromatic rings. The number of hydrogen-bond acceptors (Lipinski definition) is 8. The zero-order valence-corrected chi connectivity index (χ0v) is 25.0. The fraction of sp³-hybridized carbons (Fsp3) is 0.312. The van der Waals surface area contributed by atoms with Crippen LogP contribution >= 0.6 is 0 Å². The molecule has 220 valence electrons. The summed E-state index contributed by atoms with van der Waals surface area (Å²) in [7, 11) is 9.41. The Bertz CT molecular complexity index is 1470. The lowest BCUT2D eigenvalue weighted by Gasteiger charge is -2.29. The van der Waals surface area contributed by atoms with Gasteiger partial charge in [-0.2, -0.15) is 0 Å². The predicted molar refractivity (Wildman–Crippen MR) is 168 cm³/mol. The van der Waals surface area contributed by atoms with Gasteiger partial charge < -0.3 is 30.1 Å². The van der Waals surface area contributed by atoms with E-state index in [1.807, 2.05) is 76.7 Å². The number of amides is 2. The van der Waals surface area contributed by atoms with Gasteiger partial charge in [0.25, 0.3) is 0 Å². The molecule has 1 aliphatic heterocycles. The fourth-order valence-corrected chi connectivity index (χ4v) is 4.84. The van der Waals surface area contributed by atoms with Gasteiger partial charge in [-0.1, -0.05) is 36.9 Å². The second-order valence-corrected chi connectivity index (χ2v) is 10.4. The lowest BCUT2D eigenvalue weighted by Crippen LogP contribution is -2.30. The number of nitrogens with zero attached hydrogens (tertiary/aromatic N) is 5. The van der Waals surface area contributed by atoms with Gasteiger partial charge in [0.1, 0.15) is 5.75 Å². The zero-order chi connectivity index (χ0) is 30.2. The summed E-state index contributed by atoms with van der Waals surface area (Å²) in [5, 5.41) is 6.20. The van der Waals surface area contributed by atoms with Crippen molar-refractivity contribution in [2.45, 2.75) is 19.3 Å². The molecule has 1 fully saturated rings. The number of rotatable bonds is 11. The Balaban J connectivity index is 1.76. The molecule has 0 aliphatic carbocycles. The number of carbonyl (C=O) groups excluding carboxylic acids is 2. The van der Waals surface area contributed by atoms with Gasteiger partial charge in [0.2, 0.25) is 17.8 Å². The highest BCUT2D eigenvalue weighted by molar-refractivity contribution is 6.02. The van der Waals surface area contributed by atoms with Crippen molar-refractivity contribution in [3.05, 3.63) is 84.3 Å². The topological polar surface area (TPSA) is 103 Å². The van der Waals surface area contributed by atoms with Crippen molar-refractivity contribution < 1.29 is 14.3 Å². The summed E-state index contributed by atoms with van der Waals surface area (Å²) in [6.07, 6.45) is 5.01. The number of likely N-dealkylation sites (N-methyl/N-ethyl adjacent to an activating group) is 2. The van der Waals surface area contributed by atoms with Crippen molar-refractivity contribution in [2.24, 2.45) is 0 Å². The third-order valence-corrected chi connectivity index (χ3v) is 7.15. The summed E-state index contributed by atoms with van der Waals surface area (Å²) in [5.41, 5.74) is 5.45. The van der Waals surface area contributed by atoms with Gasteiger partial charge in [0.15, 0.2) is 0 Å². The number of ether oxygens (including phenoxy) is 1. The molecule has 0 atom stereocenters. The van der Waals surface area contributed by atoms with Crippen molar-refractivity contribution in [2.75, 3.05) is 63.9 Å². The second-order valence-electron chi connectivity index (χ2n) is 10.4. The number of piperidine rings is 1. The van der Waals surface area contributed by atoms with E-state index in [9.17, 15) is 9.59 Å². The molecule has 0 saturated carbocycles. The van der Waals surface area contributed by atoms with E-state index in [1.54, 1.807) is 18.2 Å². The first-order chi connectivity index (χ1) is 20.2. The molecule has 0 bridgehead atoms. The molecule has 0 radical (unpaired) electrons. The van der Waals surface area contributed by atoms with Crippen LogP contribution in [0.4, 0.5) is 23.0 Å². The minimum Gasteiger partial charge on any atom is -0.494 e. The van der Waals surface area contributed by atoms with Crippen LogP contribution < -0.4 is 20.3 Å². The molecule has 0 spiro atoms. The van der Waals surface area contributed by atoms with Crippen LogP contribution in [0, 0.1) is 0 Å². The van der Waals surface area contributed by atoms with E-state index < -0.39 is 0 Å². The van der Waals surface area contributed by atoms with Crippen LogP contribution in [0.5, 0.6) is 5.75 Å². The van der Waals surface area contributed by atoms with Crippen LogP contribution in [0.2, 0.25) is 0 Å². The maximum absolute atomic E-state index is 12.6. The smallest absolute Gasteiger partial charge is 0.247 e. The van der Waals surface area contributed by atoms with Crippen LogP contribution in [0.3, 0.4) is 0 Å². The SMILES string of the molecule is C=CC(=O)Nc1cc(Nc2nccc(/C(=C3\CCCC(=O)N3C)c3ccccc3)n2)c(OC)cc1N(C)CCN(C)C. The quantitative estimate of drug-likeness (QED) is 0.319. The van der Waals surface area contributed by atoms with E-state index in [-0.39, 0.29) is 11.8 Å². The average molecular weight is 570 g/mol. The van der Waals surface area contributed by atoms with E-state index in [0.29, 0.717) is 35.2 Å². The monoisotopic (exact) mass is 569 g/mol. The highest BCUT2D eigenvalue weighted by atomic mass is 16.5. The van der Waals surface area contributed by atoms with Crippen molar-refractivity contribution in [1.82, 2.24) is 19.8 Å². The summed E-state index contributed by atoms with van der Waals surface area (Å²) in [4.78, 5) is 40.2. The molecule has 0 unspecified atom stereocenters. The Morgan fingerprint density at radius 1 is 1.10 bits per heavy atom. The number of carbonyl (C=O) groups is 2. The third-order valence-electron chi connectivity index (χ3n) is 7.15. The standard InChI is InChI=1S/C32H39N7O3/c1-7-29(40)34-24-20-25(28(42-6)21-27(24)38(4)19-18-37(2)3)36-32-33-17-16-23(35-32)31(22-12-9-8-10-13-22)26-14-11-15-30(41)39(26)5/h7-10,12-13,16-17,20-21H,1,11,14-15,18-19H2,2-6H3,(H,34,40)(H,33,35,36)/b31-26+. The Kier molecular flexibility index (Phi) is 9.93. The molecule has 10 heteroatoms. The first-order valence-electron chi connectivity index (χ1n) is 13.9. The van der Waals surface area contributed by atoms with Gasteiger partial charge in [-0.15, -0.1) is 0 Å². The molecular formula is C32H39N7O3. The summed E-state index contributed by atoms with van der Waals surface area (Å²) in [6.45, 7) is 5.16. The number of allylic oxidation sites excluding steroid dienone is 1. The first-order valence-corrected chi connectivity index (χ1v) is 13.9. The van der Waals surface area contributed by atoms with Crippen LogP contribution in [-0.4, -0.2) is 80.0 Å². The number of hydrogen-bond donors (Lipinski definition) is 2. The van der Waals surface area contributed by atoms with E-state index >= 15 is 0 Å². The first kappa shape index (κ1) is 30.3. The van der Waals surface area contributed by atoms with Gasteiger partial charge in [0.05, 0.1) is 29.9 Å². The van der Waals surface area contributed by atoms with Gasteiger partial charge in [-0.25, -0.2) is 9.97 Å². The maximum Gasteiger partial charge on any atom is 0.247 e. The Morgan fingerprint density at radius 2 is 1.86 bits per heavy atom. The minimum atomic E-state index is -0.322. The predicted octanol–water partition coefficient (Wildman–Crippen LogP) is 4.75. The van der Waals surface area contributed by atoms with Crippen LogP contribution in [0.15, 0.2) is 73.1 Å². The number of likely N-dealkylation sites (tertiary alicyclic amines) is 1. The summed E-state index contributed by atoms with van der Waals surface area (Å²) in [5.74, 6) is 0.675. The Hall–Kier alpha value is -4.70. The highest BCUT2D eigenvalue weighted by Gasteiger charge is 2.25. The zero-order valence-electron chi connectivity index (χ0n) is 25.0. The highest BCUT2D eigenvalue weighted by Crippen LogP contribution is 2.38. The molecular weight excluding hydrogens is 530 g/mol. The molecule has 2 aromatic carbocycles. The van der Waals surface area contributed by atoms with Crippen molar-refractivity contribution in [3.63, 3.8) is 0 Å². The summed E-state index contributed by atoms with van der Waals surface area (Å²) < 4.78 is 5.75. The molecule has 4 rings (SSSR count). The van der Waals surface area contributed by atoms with Gasteiger partial charge in [0, 0.05) is 57.1 Å². The largest absolute Gasteiger partial charge is 0.494 e. The van der Waals surface area contributed by atoms with Gasteiger partial charge >= 0.3 is 0 Å². The van der Waals surface area contributed by atoms with Crippen molar-refractivity contribution in [1.29, 1.82) is 0 Å². The van der Waals surface area contributed by atoms with E-state index in [1.165, 1.54) is 6.08 Å². The molecule has 1 saturated heterocycles. The second kappa shape index (κ2) is 13.8. The van der Waals surface area contributed by atoms with Gasteiger partial charge in [-0.3, -0.25) is 9.59 Å². The summed E-state index contributed by atoms with van der Waals surface area (Å²) in [6, 6.07) is 15.5. The third kappa shape index (κ3) is 7.13. The number of anilines is 4. The normalized spacial score (nSPS) is 14.4. The Morgan fingerprint density at radius 3 is 2.55 bits per heavy atom. The molecule has 2 N–H and O–H groups in total. The molecule has 1 aromatic heterocycles. The van der Waals surface area contributed by atoms with Crippen molar-refractivity contribution >= 4 is 40.4 Å². The molecule has 10 nitrogen and oxygen atoms in total. The van der Waals surface area contributed by atoms with E-state index in [4.69, 9.17) is 9.72 Å². The number of benzene rings is 2. The van der Waals surface area contributed by atoms with Gasteiger partial charge in [-0.05, 0) is 50.7 Å². The maximum atomic E-state index is 12.6. The van der Waals surface area contributed by atoms with Crippen LogP contribution in [-0.2, 0) is 9.59 Å². The molecule has 2 heterocycles. The van der Waals surface area contributed by atoms with Crippen LogP contribution in [0.25, 0.3) is 5.57 Å². The Labute approximate surface area is 247 Å². The lowest BCUT2D eigenvalue weighted by molar-refractivity contribution is -0.129. The van der Waals surface area contributed by atoms with Crippen molar-refractivity contribution in [3.8, 4) is 5.75 Å². The van der Waals surface area contributed by atoms with Crippen LogP contribution in [0.1, 0.15) is 30.5 Å². The minimum absolute atomic E-state index is 0.0894. The van der Waals surface area contributed by atoms with E-state index in [2.05, 4.69) is 32.0 Å².